The summed E-state index contributed by atoms with van der Waals surface area (Å²) < 4.78 is 0. The Morgan fingerprint density at radius 1 is 1.21 bits per heavy atom. The number of rotatable bonds is 7. The van der Waals surface area contributed by atoms with Crippen molar-refractivity contribution in [3.8, 4) is 0 Å². The maximum Gasteiger partial charge on any atom is 0.317 e. The lowest BCUT2D eigenvalue weighted by molar-refractivity contribution is -0.139. The zero-order chi connectivity index (χ0) is 20.1. The molecule has 1 aliphatic carbocycles. The molecule has 0 bridgehead atoms. The van der Waals surface area contributed by atoms with Gasteiger partial charge in [-0.25, -0.2) is 4.79 Å². The quantitative estimate of drug-likeness (QED) is 0.749. The highest BCUT2D eigenvalue weighted by Crippen LogP contribution is 2.26. The van der Waals surface area contributed by atoms with Crippen LogP contribution in [-0.4, -0.2) is 78.3 Å². The van der Waals surface area contributed by atoms with Crippen molar-refractivity contribution in [3.05, 3.63) is 30.3 Å². The van der Waals surface area contributed by atoms with E-state index >= 15 is 0 Å². The fourth-order valence-corrected chi connectivity index (χ4v) is 4.26. The van der Waals surface area contributed by atoms with Gasteiger partial charge in [-0.05, 0) is 44.4 Å². The number of amides is 2. The van der Waals surface area contributed by atoms with Gasteiger partial charge in [-0.1, -0.05) is 25.1 Å². The van der Waals surface area contributed by atoms with Crippen molar-refractivity contribution in [2.75, 3.05) is 38.1 Å². The highest BCUT2D eigenvalue weighted by atomic mass is 16.4. The molecule has 2 amide bonds. The largest absolute Gasteiger partial charge is 0.480 e. The molecular weight excluding hydrogens is 356 g/mol. The third kappa shape index (κ3) is 4.95. The summed E-state index contributed by atoms with van der Waals surface area (Å²) in [5.74, 6) is -0.797. The highest BCUT2D eigenvalue weighted by molar-refractivity contribution is 5.75. The summed E-state index contributed by atoms with van der Waals surface area (Å²) in [5.41, 5.74) is 1.21. The van der Waals surface area contributed by atoms with Crippen LogP contribution in [0, 0.1) is 0 Å². The van der Waals surface area contributed by atoms with Crippen LogP contribution in [0.4, 0.5) is 10.5 Å². The maximum absolute atomic E-state index is 12.7. The van der Waals surface area contributed by atoms with Gasteiger partial charge in [0.05, 0.1) is 12.6 Å². The molecule has 0 radical (unpaired) electrons. The molecule has 2 aliphatic rings. The Kier molecular flexibility index (Phi) is 6.78. The number of carboxylic acids is 1. The summed E-state index contributed by atoms with van der Waals surface area (Å²) in [6, 6.07) is 10.9. The van der Waals surface area contributed by atoms with Crippen molar-refractivity contribution in [1.29, 1.82) is 0 Å². The molecule has 1 saturated heterocycles. The SMILES string of the molecule is CCN(CC(=O)O)C1CC(NC(=O)N(C)C2CCCN(c3ccccc3)C2)C1. The van der Waals surface area contributed by atoms with E-state index in [1.54, 1.807) is 0 Å². The van der Waals surface area contributed by atoms with Gasteiger partial charge in [0.2, 0.25) is 0 Å². The van der Waals surface area contributed by atoms with E-state index in [1.165, 1.54) is 5.69 Å². The molecule has 1 heterocycles. The molecule has 28 heavy (non-hydrogen) atoms. The number of likely N-dealkylation sites (N-methyl/N-ethyl adjacent to an activating group) is 2. The van der Waals surface area contributed by atoms with Gasteiger partial charge in [0.1, 0.15) is 0 Å². The van der Waals surface area contributed by atoms with Gasteiger partial charge in [-0.15, -0.1) is 0 Å². The number of hydrogen-bond donors (Lipinski definition) is 2. The first kappa shape index (κ1) is 20.5. The van der Waals surface area contributed by atoms with E-state index in [0.717, 1.165) is 45.3 Å². The average molecular weight is 389 g/mol. The second-order valence-corrected chi connectivity index (χ2v) is 7.92. The molecule has 1 aromatic rings. The zero-order valence-electron chi connectivity index (χ0n) is 16.9. The molecule has 2 fully saturated rings. The van der Waals surface area contributed by atoms with E-state index in [-0.39, 0.29) is 30.7 Å². The summed E-state index contributed by atoms with van der Waals surface area (Å²) in [6.07, 6.45) is 3.73. The summed E-state index contributed by atoms with van der Waals surface area (Å²) in [7, 11) is 1.88. The van der Waals surface area contributed by atoms with E-state index in [1.807, 2.05) is 42.0 Å². The fourth-order valence-electron chi connectivity index (χ4n) is 4.26. The van der Waals surface area contributed by atoms with Gasteiger partial charge in [-0.2, -0.15) is 0 Å². The summed E-state index contributed by atoms with van der Waals surface area (Å²) in [5, 5.41) is 12.1. The minimum Gasteiger partial charge on any atom is -0.480 e. The first-order valence-corrected chi connectivity index (χ1v) is 10.3. The molecule has 7 heteroatoms. The number of benzene rings is 1. The van der Waals surface area contributed by atoms with Crippen LogP contribution in [0.1, 0.15) is 32.6 Å². The maximum atomic E-state index is 12.7. The Bertz CT molecular complexity index is 663. The molecule has 1 unspecified atom stereocenters. The van der Waals surface area contributed by atoms with Crippen molar-refractivity contribution in [2.24, 2.45) is 0 Å². The third-order valence-electron chi connectivity index (χ3n) is 6.09. The number of anilines is 1. The van der Waals surface area contributed by atoms with Crippen LogP contribution in [-0.2, 0) is 4.79 Å². The zero-order valence-corrected chi connectivity index (χ0v) is 16.9. The first-order chi connectivity index (χ1) is 13.5. The van der Waals surface area contributed by atoms with E-state index in [9.17, 15) is 9.59 Å². The number of urea groups is 1. The minimum absolute atomic E-state index is 0.0235. The number of nitrogens with zero attached hydrogens (tertiary/aromatic N) is 3. The van der Waals surface area contributed by atoms with Crippen LogP contribution in [0.2, 0.25) is 0 Å². The lowest BCUT2D eigenvalue weighted by atomic mass is 9.85. The Morgan fingerprint density at radius 2 is 1.93 bits per heavy atom. The number of carbonyl (C=O) groups excluding carboxylic acids is 1. The van der Waals surface area contributed by atoms with Gasteiger partial charge in [-0.3, -0.25) is 9.69 Å². The Balaban J connectivity index is 1.47. The molecule has 1 saturated carbocycles. The van der Waals surface area contributed by atoms with Gasteiger partial charge in [0.25, 0.3) is 0 Å². The lowest BCUT2D eigenvalue weighted by Gasteiger charge is -2.44. The minimum atomic E-state index is -0.797. The topological polar surface area (TPSA) is 76.1 Å². The number of piperidine rings is 1. The molecule has 154 valence electrons. The molecule has 1 aliphatic heterocycles. The summed E-state index contributed by atoms with van der Waals surface area (Å²) >= 11 is 0. The number of carbonyl (C=O) groups is 2. The standard InChI is InChI=1S/C21H32N4O3/c1-3-24(15-20(26)27)19-12-16(13-19)22-21(28)23(2)18-10-7-11-25(14-18)17-8-5-4-6-9-17/h4-6,8-9,16,18-19H,3,7,10-15H2,1-2H3,(H,22,28)(H,26,27). The Labute approximate surface area is 167 Å². The third-order valence-corrected chi connectivity index (χ3v) is 6.09. The monoisotopic (exact) mass is 388 g/mol. The molecule has 3 rings (SSSR count). The Hall–Kier alpha value is -2.28. The number of para-hydroxylation sites is 1. The van der Waals surface area contributed by atoms with Gasteiger partial charge < -0.3 is 20.2 Å². The molecule has 7 nitrogen and oxygen atoms in total. The smallest absolute Gasteiger partial charge is 0.317 e. The fraction of sp³-hybridized carbons (Fsp3) is 0.619. The van der Waals surface area contributed by atoms with Gasteiger partial charge >= 0.3 is 12.0 Å². The average Bonchev–Trinajstić information content (AvgIpc) is 2.68. The molecular formula is C21H32N4O3. The lowest BCUT2D eigenvalue weighted by Crippen LogP contribution is -2.58. The predicted molar refractivity (Wildman–Crippen MR) is 110 cm³/mol. The van der Waals surface area contributed by atoms with Crippen LogP contribution in [0.3, 0.4) is 0 Å². The van der Waals surface area contributed by atoms with Crippen LogP contribution >= 0.6 is 0 Å². The van der Waals surface area contributed by atoms with Crippen LogP contribution in [0.15, 0.2) is 30.3 Å². The second kappa shape index (κ2) is 9.28. The highest BCUT2D eigenvalue weighted by Gasteiger charge is 2.36. The molecule has 1 atom stereocenters. The van der Waals surface area contributed by atoms with Crippen molar-refractivity contribution in [3.63, 3.8) is 0 Å². The summed E-state index contributed by atoms with van der Waals surface area (Å²) in [6.45, 7) is 4.64. The normalized spacial score (nSPS) is 24.5. The second-order valence-electron chi connectivity index (χ2n) is 7.92. The van der Waals surface area contributed by atoms with Crippen LogP contribution in [0.25, 0.3) is 0 Å². The van der Waals surface area contributed by atoms with Crippen LogP contribution in [0.5, 0.6) is 0 Å². The Morgan fingerprint density at radius 3 is 2.57 bits per heavy atom. The van der Waals surface area contributed by atoms with E-state index in [0.29, 0.717) is 0 Å². The number of aliphatic carboxylic acids is 1. The number of carboxylic acid groups (broad SMARTS) is 1. The summed E-state index contributed by atoms with van der Waals surface area (Å²) in [4.78, 5) is 29.8. The van der Waals surface area contributed by atoms with Crippen molar-refractivity contribution >= 4 is 17.7 Å². The van der Waals surface area contributed by atoms with E-state index in [2.05, 4.69) is 22.3 Å². The molecule has 1 aromatic carbocycles. The number of hydrogen-bond acceptors (Lipinski definition) is 4. The predicted octanol–water partition coefficient (Wildman–Crippen LogP) is 2.23. The molecule has 0 spiro atoms. The van der Waals surface area contributed by atoms with Crippen molar-refractivity contribution in [1.82, 2.24) is 15.1 Å². The van der Waals surface area contributed by atoms with Gasteiger partial charge in [0.15, 0.2) is 0 Å². The van der Waals surface area contributed by atoms with Crippen molar-refractivity contribution in [2.45, 2.75) is 50.7 Å². The van der Waals surface area contributed by atoms with Crippen LogP contribution < -0.4 is 10.2 Å². The number of nitrogens with one attached hydrogen (secondary N) is 1. The van der Waals surface area contributed by atoms with Crippen molar-refractivity contribution < 1.29 is 14.7 Å². The molecule has 0 aromatic heterocycles. The van der Waals surface area contributed by atoms with E-state index in [4.69, 9.17) is 5.11 Å². The van der Waals surface area contributed by atoms with E-state index < -0.39 is 5.97 Å². The van der Waals surface area contributed by atoms with Gasteiger partial charge in [0, 0.05) is 37.9 Å². The first-order valence-electron chi connectivity index (χ1n) is 10.3. The molecule has 2 N–H and O–H groups in total.